The van der Waals surface area contributed by atoms with E-state index >= 15 is 0 Å². The molecule has 1 aliphatic heterocycles. The minimum Gasteiger partial charge on any atom is -0.352 e. The van der Waals surface area contributed by atoms with Crippen LogP contribution in [-0.4, -0.2) is 39.9 Å². The predicted molar refractivity (Wildman–Crippen MR) is 102 cm³/mol. The molecule has 0 unspecified atom stereocenters. The molecule has 4 nitrogen and oxygen atoms in total. The summed E-state index contributed by atoms with van der Waals surface area (Å²) in [5, 5.41) is 2.97. The van der Waals surface area contributed by atoms with Crippen LogP contribution in [0.5, 0.6) is 0 Å². The van der Waals surface area contributed by atoms with E-state index in [9.17, 15) is 14.0 Å². The van der Waals surface area contributed by atoms with Crippen molar-refractivity contribution in [2.75, 3.05) is 5.75 Å². The van der Waals surface area contributed by atoms with Gasteiger partial charge in [0.05, 0.1) is 5.37 Å². The zero-order valence-electron chi connectivity index (χ0n) is 15.4. The van der Waals surface area contributed by atoms with E-state index in [2.05, 4.69) is 5.32 Å². The number of carbonyl (C=O) groups excluding carboxylic acids is 2. The molecule has 6 heteroatoms. The third kappa shape index (κ3) is 4.22. The van der Waals surface area contributed by atoms with Crippen LogP contribution in [0.15, 0.2) is 24.3 Å². The van der Waals surface area contributed by atoms with Crippen molar-refractivity contribution in [3.8, 4) is 0 Å². The highest BCUT2D eigenvalue weighted by Crippen LogP contribution is 2.41. The standard InChI is InChI=1S/C20H27FN2O2S/c1-13(2)22-18(24)17-12-26-20(15-6-4-3-5-7-15)23(17)19(25)14-8-10-16(21)11-9-14/h8-11,13,15,17,20H,3-7,12H2,1-2H3,(H,22,24)/t17-,20-/m1/s1. The number of thioether (sulfide) groups is 1. The Labute approximate surface area is 158 Å². The lowest BCUT2D eigenvalue weighted by atomic mass is 9.88. The Bertz CT molecular complexity index is 644. The highest BCUT2D eigenvalue weighted by Gasteiger charge is 2.45. The molecule has 0 aromatic heterocycles. The molecule has 0 bridgehead atoms. The van der Waals surface area contributed by atoms with Crippen LogP contribution in [0.25, 0.3) is 0 Å². The number of nitrogens with zero attached hydrogens (tertiary/aromatic N) is 1. The van der Waals surface area contributed by atoms with Crippen molar-refractivity contribution in [3.05, 3.63) is 35.6 Å². The van der Waals surface area contributed by atoms with E-state index in [1.54, 1.807) is 16.7 Å². The minimum atomic E-state index is -0.466. The summed E-state index contributed by atoms with van der Waals surface area (Å²) >= 11 is 1.72. The Morgan fingerprint density at radius 3 is 2.42 bits per heavy atom. The number of hydrogen-bond acceptors (Lipinski definition) is 3. The fourth-order valence-electron chi connectivity index (χ4n) is 3.89. The van der Waals surface area contributed by atoms with Gasteiger partial charge in [-0.25, -0.2) is 4.39 Å². The zero-order chi connectivity index (χ0) is 18.7. The minimum absolute atomic E-state index is 0.0239. The van der Waals surface area contributed by atoms with Gasteiger partial charge in [0.15, 0.2) is 0 Å². The summed E-state index contributed by atoms with van der Waals surface area (Å²) in [6.07, 6.45) is 5.82. The molecule has 0 spiro atoms. The van der Waals surface area contributed by atoms with Gasteiger partial charge in [0.1, 0.15) is 11.9 Å². The highest BCUT2D eigenvalue weighted by molar-refractivity contribution is 8.00. The lowest BCUT2D eigenvalue weighted by molar-refractivity contribution is -0.125. The van der Waals surface area contributed by atoms with Gasteiger partial charge in [-0.15, -0.1) is 11.8 Å². The zero-order valence-corrected chi connectivity index (χ0v) is 16.2. The normalized spacial score (nSPS) is 24.1. The molecule has 1 heterocycles. The van der Waals surface area contributed by atoms with E-state index < -0.39 is 6.04 Å². The van der Waals surface area contributed by atoms with Gasteiger partial charge in [0.2, 0.25) is 5.91 Å². The second kappa shape index (κ2) is 8.42. The van der Waals surface area contributed by atoms with Crippen molar-refractivity contribution in [2.24, 2.45) is 5.92 Å². The molecular weight excluding hydrogens is 351 g/mol. The lowest BCUT2D eigenvalue weighted by Gasteiger charge is -2.35. The quantitative estimate of drug-likeness (QED) is 0.867. The first-order valence-electron chi connectivity index (χ1n) is 9.47. The second-order valence-corrected chi connectivity index (χ2v) is 8.67. The smallest absolute Gasteiger partial charge is 0.255 e. The summed E-state index contributed by atoms with van der Waals surface area (Å²) in [6.45, 7) is 3.84. The molecule has 142 valence electrons. The van der Waals surface area contributed by atoms with Crippen molar-refractivity contribution in [3.63, 3.8) is 0 Å². The molecule has 1 N–H and O–H groups in total. The van der Waals surface area contributed by atoms with E-state index in [-0.39, 0.29) is 29.0 Å². The highest BCUT2D eigenvalue weighted by atomic mass is 32.2. The number of hydrogen-bond donors (Lipinski definition) is 1. The molecule has 2 fully saturated rings. The Kier molecular flexibility index (Phi) is 6.22. The molecule has 0 radical (unpaired) electrons. The fourth-order valence-corrected chi connectivity index (χ4v) is 5.53. The van der Waals surface area contributed by atoms with Crippen LogP contribution in [0.2, 0.25) is 0 Å². The molecule has 1 saturated carbocycles. The van der Waals surface area contributed by atoms with Crippen molar-refractivity contribution < 1.29 is 14.0 Å². The van der Waals surface area contributed by atoms with Crippen molar-refractivity contribution in [1.82, 2.24) is 10.2 Å². The molecule has 2 atom stereocenters. The number of carbonyl (C=O) groups is 2. The number of nitrogens with one attached hydrogen (secondary N) is 1. The molecule has 2 aliphatic rings. The summed E-state index contributed by atoms with van der Waals surface area (Å²) < 4.78 is 13.2. The van der Waals surface area contributed by atoms with Crippen molar-refractivity contribution >= 4 is 23.6 Å². The largest absolute Gasteiger partial charge is 0.352 e. The lowest BCUT2D eigenvalue weighted by Crippen LogP contribution is -2.52. The van der Waals surface area contributed by atoms with Crippen LogP contribution in [-0.2, 0) is 4.79 Å². The predicted octanol–water partition coefficient (Wildman–Crippen LogP) is 3.81. The van der Waals surface area contributed by atoms with Crippen LogP contribution in [0.4, 0.5) is 4.39 Å². The summed E-state index contributed by atoms with van der Waals surface area (Å²) in [5.74, 6) is 0.410. The van der Waals surface area contributed by atoms with Crippen LogP contribution < -0.4 is 5.32 Å². The van der Waals surface area contributed by atoms with Crippen LogP contribution in [0.3, 0.4) is 0 Å². The summed E-state index contributed by atoms with van der Waals surface area (Å²) in [6, 6.07) is 5.19. The topological polar surface area (TPSA) is 49.4 Å². The number of benzene rings is 1. The average Bonchev–Trinajstić information content (AvgIpc) is 3.07. The molecule has 26 heavy (non-hydrogen) atoms. The number of rotatable bonds is 4. The van der Waals surface area contributed by atoms with Gasteiger partial charge in [-0.1, -0.05) is 19.3 Å². The van der Waals surface area contributed by atoms with Crippen LogP contribution in [0, 0.1) is 11.7 Å². The van der Waals surface area contributed by atoms with E-state index in [1.165, 1.54) is 43.5 Å². The van der Waals surface area contributed by atoms with Gasteiger partial charge in [0, 0.05) is 17.4 Å². The Balaban J connectivity index is 1.86. The van der Waals surface area contributed by atoms with Gasteiger partial charge < -0.3 is 10.2 Å². The Morgan fingerprint density at radius 1 is 1.15 bits per heavy atom. The maximum atomic E-state index is 13.2. The van der Waals surface area contributed by atoms with E-state index in [0.29, 0.717) is 17.2 Å². The molecule has 1 aromatic rings. The van der Waals surface area contributed by atoms with Crippen LogP contribution >= 0.6 is 11.8 Å². The molecule has 3 rings (SSSR count). The number of halogens is 1. The summed E-state index contributed by atoms with van der Waals surface area (Å²) in [5.41, 5.74) is 0.442. The monoisotopic (exact) mass is 378 g/mol. The van der Waals surface area contributed by atoms with Crippen molar-refractivity contribution in [1.29, 1.82) is 0 Å². The van der Waals surface area contributed by atoms with Gasteiger partial charge in [-0.2, -0.15) is 0 Å². The van der Waals surface area contributed by atoms with Crippen molar-refractivity contribution in [2.45, 2.75) is 63.4 Å². The first-order chi connectivity index (χ1) is 12.5. The summed E-state index contributed by atoms with van der Waals surface area (Å²) in [7, 11) is 0. The van der Waals surface area contributed by atoms with Crippen LogP contribution in [0.1, 0.15) is 56.3 Å². The molecule has 2 amide bonds. The molecule has 1 saturated heterocycles. The van der Waals surface area contributed by atoms with Gasteiger partial charge in [-0.3, -0.25) is 9.59 Å². The third-order valence-corrected chi connectivity index (χ3v) is 6.61. The second-order valence-electron chi connectivity index (χ2n) is 7.52. The van der Waals surface area contributed by atoms with Gasteiger partial charge in [0.25, 0.3) is 5.91 Å². The Morgan fingerprint density at radius 2 is 1.81 bits per heavy atom. The first kappa shape index (κ1) is 19.2. The molecule has 1 aliphatic carbocycles. The van der Waals surface area contributed by atoms with E-state index in [0.717, 1.165) is 12.8 Å². The SMILES string of the molecule is CC(C)NC(=O)[C@H]1CS[C@H](C2CCCCC2)N1C(=O)c1ccc(F)cc1. The van der Waals surface area contributed by atoms with E-state index in [1.807, 2.05) is 13.8 Å². The number of amides is 2. The average molecular weight is 379 g/mol. The van der Waals surface area contributed by atoms with Gasteiger partial charge >= 0.3 is 0 Å². The summed E-state index contributed by atoms with van der Waals surface area (Å²) in [4.78, 5) is 27.7. The fraction of sp³-hybridized carbons (Fsp3) is 0.600. The van der Waals surface area contributed by atoms with Gasteiger partial charge in [-0.05, 0) is 56.9 Å². The maximum Gasteiger partial charge on any atom is 0.255 e. The first-order valence-corrected chi connectivity index (χ1v) is 10.5. The third-order valence-electron chi connectivity index (χ3n) is 5.15. The van der Waals surface area contributed by atoms with E-state index in [4.69, 9.17) is 0 Å². The Hall–Kier alpha value is -1.56. The molecule has 1 aromatic carbocycles. The molecular formula is C20H27FN2O2S. The maximum absolute atomic E-state index is 13.2.